The largest absolute Gasteiger partial charge is 0.497 e. The first-order chi connectivity index (χ1) is 13.0. The van der Waals surface area contributed by atoms with Crippen LogP contribution < -0.4 is 19.5 Å². The van der Waals surface area contributed by atoms with Crippen LogP contribution in [0.15, 0.2) is 42.0 Å². The maximum absolute atomic E-state index is 12.4. The fourth-order valence-corrected chi connectivity index (χ4v) is 3.20. The average molecular weight is 478 g/mol. The lowest BCUT2D eigenvalue weighted by atomic mass is 10.1. The molecule has 2 rings (SSSR count). The van der Waals surface area contributed by atoms with Gasteiger partial charge in [-0.3, -0.25) is 4.79 Å². The summed E-state index contributed by atoms with van der Waals surface area (Å²) in [6.45, 7) is 0.311. The van der Waals surface area contributed by atoms with E-state index in [0.29, 0.717) is 23.6 Å². The van der Waals surface area contributed by atoms with Crippen molar-refractivity contribution in [2.45, 2.75) is 6.54 Å². The van der Waals surface area contributed by atoms with Gasteiger partial charge in [0.1, 0.15) is 17.4 Å². The van der Waals surface area contributed by atoms with Gasteiger partial charge in [-0.2, -0.15) is 5.26 Å². The van der Waals surface area contributed by atoms with E-state index in [1.165, 1.54) is 13.2 Å². The van der Waals surface area contributed by atoms with Gasteiger partial charge in [-0.1, -0.05) is 12.1 Å². The van der Waals surface area contributed by atoms with Crippen molar-refractivity contribution < 1.29 is 19.0 Å². The lowest BCUT2D eigenvalue weighted by molar-refractivity contribution is -0.117. The summed E-state index contributed by atoms with van der Waals surface area (Å²) >= 11 is 2.11. The van der Waals surface area contributed by atoms with Crippen LogP contribution in [-0.2, 0) is 11.3 Å². The molecule has 0 aliphatic heterocycles. The van der Waals surface area contributed by atoms with Gasteiger partial charge in [-0.05, 0) is 64.1 Å². The van der Waals surface area contributed by atoms with Crippen molar-refractivity contribution in [3.63, 3.8) is 0 Å². The van der Waals surface area contributed by atoms with Crippen LogP contribution in [0, 0.1) is 14.9 Å². The Labute approximate surface area is 171 Å². The van der Waals surface area contributed by atoms with Gasteiger partial charge in [0.05, 0.1) is 24.9 Å². The molecule has 0 aliphatic rings. The minimum absolute atomic E-state index is 0.00605. The molecule has 140 valence electrons. The Morgan fingerprint density at radius 1 is 1.15 bits per heavy atom. The minimum Gasteiger partial charge on any atom is -0.497 e. The number of benzene rings is 2. The Morgan fingerprint density at radius 2 is 1.85 bits per heavy atom. The molecule has 0 saturated heterocycles. The maximum Gasteiger partial charge on any atom is 0.262 e. The molecule has 0 unspecified atom stereocenters. The first-order valence-corrected chi connectivity index (χ1v) is 9.04. The number of carbonyl (C=O) groups is 1. The molecule has 0 aliphatic carbocycles. The summed E-state index contributed by atoms with van der Waals surface area (Å²) in [5.41, 5.74) is 1.59. The maximum atomic E-state index is 12.4. The second-order valence-corrected chi connectivity index (χ2v) is 6.60. The normalized spacial score (nSPS) is 10.7. The van der Waals surface area contributed by atoms with Gasteiger partial charge in [0.25, 0.3) is 5.91 Å². The molecule has 0 radical (unpaired) electrons. The predicted octanol–water partition coefficient (Wildman–Crippen LogP) is 3.54. The van der Waals surface area contributed by atoms with Crippen molar-refractivity contribution in [1.29, 1.82) is 5.26 Å². The second-order valence-electron chi connectivity index (χ2n) is 5.44. The van der Waals surface area contributed by atoms with Gasteiger partial charge in [-0.15, -0.1) is 0 Å². The number of nitriles is 1. The van der Waals surface area contributed by atoms with Gasteiger partial charge >= 0.3 is 0 Å². The molecular formula is C20H19IN2O4. The van der Waals surface area contributed by atoms with Crippen LogP contribution in [0.3, 0.4) is 0 Å². The Balaban J connectivity index is 2.16. The third kappa shape index (κ3) is 5.37. The number of nitrogens with zero attached hydrogens (tertiary/aromatic N) is 1. The quantitative estimate of drug-likeness (QED) is 0.374. The molecule has 0 saturated carbocycles. The van der Waals surface area contributed by atoms with E-state index < -0.39 is 5.91 Å². The summed E-state index contributed by atoms with van der Waals surface area (Å²) in [4.78, 5) is 12.4. The highest BCUT2D eigenvalue weighted by molar-refractivity contribution is 14.1. The number of methoxy groups -OCH3 is 3. The molecule has 1 amide bonds. The van der Waals surface area contributed by atoms with Crippen LogP contribution >= 0.6 is 22.6 Å². The molecule has 2 aromatic rings. The molecule has 7 heteroatoms. The van der Waals surface area contributed by atoms with Gasteiger partial charge in [-0.25, -0.2) is 0 Å². The van der Waals surface area contributed by atoms with Gasteiger partial charge in [0.15, 0.2) is 11.5 Å². The van der Waals surface area contributed by atoms with E-state index in [1.54, 1.807) is 20.3 Å². The minimum atomic E-state index is -0.446. The number of ether oxygens (including phenoxy) is 3. The van der Waals surface area contributed by atoms with E-state index >= 15 is 0 Å². The van der Waals surface area contributed by atoms with Gasteiger partial charge in [0, 0.05) is 6.54 Å². The summed E-state index contributed by atoms with van der Waals surface area (Å²) < 4.78 is 16.5. The number of hydrogen-bond donors (Lipinski definition) is 1. The number of halogens is 1. The zero-order chi connectivity index (χ0) is 19.8. The van der Waals surface area contributed by atoms with Crippen LogP contribution in [0.4, 0.5) is 0 Å². The van der Waals surface area contributed by atoms with Crippen LogP contribution in [0.1, 0.15) is 11.1 Å². The zero-order valence-corrected chi connectivity index (χ0v) is 17.4. The molecule has 1 N–H and O–H groups in total. The highest BCUT2D eigenvalue weighted by atomic mass is 127. The third-order valence-corrected chi connectivity index (χ3v) is 4.55. The smallest absolute Gasteiger partial charge is 0.262 e. The first-order valence-electron chi connectivity index (χ1n) is 7.96. The summed E-state index contributed by atoms with van der Waals surface area (Å²) in [5.74, 6) is 1.44. The molecule has 0 aromatic heterocycles. The van der Waals surface area contributed by atoms with E-state index in [1.807, 2.05) is 36.4 Å². The van der Waals surface area contributed by atoms with Crippen LogP contribution in [-0.4, -0.2) is 27.2 Å². The Hall–Kier alpha value is -2.73. The van der Waals surface area contributed by atoms with E-state index in [2.05, 4.69) is 27.9 Å². The molecule has 0 spiro atoms. The zero-order valence-electron chi connectivity index (χ0n) is 15.2. The standard InChI is InChI=1S/C20H19IN2O4/c1-25-16-6-4-13(5-7-16)12-23-20(24)15(11-22)8-14-9-17(21)19(27-3)18(10-14)26-2/h4-10H,12H2,1-3H3,(H,23,24). The number of hydrogen-bond acceptors (Lipinski definition) is 5. The molecule has 27 heavy (non-hydrogen) atoms. The Morgan fingerprint density at radius 3 is 2.41 bits per heavy atom. The lowest BCUT2D eigenvalue weighted by Crippen LogP contribution is -2.23. The van der Waals surface area contributed by atoms with Gasteiger partial charge in [0.2, 0.25) is 0 Å². The SMILES string of the molecule is COc1ccc(CNC(=O)C(C#N)=Cc2cc(I)c(OC)c(OC)c2)cc1. The van der Waals surface area contributed by atoms with E-state index in [-0.39, 0.29) is 5.57 Å². The second kappa shape index (κ2) is 9.83. The molecule has 0 bridgehead atoms. The molecule has 2 aromatic carbocycles. The third-order valence-electron chi connectivity index (χ3n) is 3.74. The van der Waals surface area contributed by atoms with Crippen molar-refractivity contribution in [3.8, 4) is 23.3 Å². The Kier molecular flexibility index (Phi) is 7.49. The summed E-state index contributed by atoms with van der Waals surface area (Å²) in [7, 11) is 4.69. The number of amides is 1. The number of carbonyl (C=O) groups excluding carboxylic acids is 1. The monoisotopic (exact) mass is 478 g/mol. The highest BCUT2D eigenvalue weighted by Crippen LogP contribution is 2.34. The van der Waals surface area contributed by atoms with Crippen molar-refractivity contribution in [2.75, 3.05) is 21.3 Å². The molecule has 0 atom stereocenters. The van der Waals surface area contributed by atoms with Crippen molar-refractivity contribution in [1.82, 2.24) is 5.32 Å². The first kappa shape index (κ1) is 20.6. The topological polar surface area (TPSA) is 80.6 Å². The fourth-order valence-electron chi connectivity index (χ4n) is 2.36. The molecule has 0 fully saturated rings. The fraction of sp³-hybridized carbons (Fsp3) is 0.200. The number of rotatable bonds is 7. The Bertz CT molecular complexity index is 886. The van der Waals surface area contributed by atoms with Crippen LogP contribution in [0.2, 0.25) is 0 Å². The lowest BCUT2D eigenvalue weighted by Gasteiger charge is -2.11. The summed E-state index contributed by atoms with van der Waals surface area (Å²) in [6.07, 6.45) is 1.52. The van der Waals surface area contributed by atoms with E-state index in [9.17, 15) is 10.1 Å². The average Bonchev–Trinajstić information content (AvgIpc) is 2.70. The molecular weight excluding hydrogens is 459 g/mol. The summed E-state index contributed by atoms with van der Waals surface area (Å²) in [6, 6.07) is 12.8. The van der Waals surface area contributed by atoms with Crippen molar-refractivity contribution in [2.24, 2.45) is 0 Å². The van der Waals surface area contributed by atoms with Gasteiger partial charge < -0.3 is 19.5 Å². The van der Waals surface area contributed by atoms with Crippen LogP contribution in [0.25, 0.3) is 6.08 Å². The predicted molar refractivity (Wildman–Crippen MR) is 111 cm³/mol. The highest BCUT2D eigenvalue weighted by Gasteiger charge is 2.13. The van der Waals surface area contributed by atoms with Crippen molar-refractivity contribution in [3.05, 3.63) is 56.7 Å². The molecule has 6 nitrogen and oxygen atoms in total. The van der Waals surface area contributed by atoms with Crippen LogP contribution in [0.5, 0.6) is 17.2 Å². The number of nitrogens with one attached hydrogen (secondary N) is 1. The van der Waals surface area contributed by atoms with E-state index in [0.717, 1.165) is 14.9 Å². The molecule has 0 heterocycles. The summed E-state index contributed by atoms with van der Waals surface area (Å²) in [5, 5.41) is 12.1. The van der Waals surface area contributed by atoms with E-state index in [4.69, 9.17) is 14.2 Å². The van der Waals surface area contributed by atoms with Crippen molar-refractivity contribution >= 4 is 34.6 Å².